The SMILES string of the molecule is CN(Cc1nnc2n1CCC2)[C@@H]1COC[C@H]1F. The van der Waals surface area contributed by atoms with Gasteiger partial charge in [0.1, 0.15) is 17.8 Å². The van der Waals surface area contributed by atoms with Gasteiger partial charge < -0.3 is 9.30 Å². The third-order valence-electron chi connectivity index (χ3n) is 3.63. The van der Waals surface area contributed by atoms with Crippen molar-refractivity contribution in [3.05, 3.63) is 11.6 Å². The number of nitrogens with zero attached hydrogens (tertiary/aromatic N) is 4. The number of ether oxygens (including phenoxy) is 1. The van der Waals surface area contributed by atoms with Gasteiger partial charge in [-0.3, -0.25) is 4.90 Å². The van der Waals surface area contributed by atoms with E-state index in [0.29, 0.717) is 13.2 Å². The lowest BCUT2D eigenvalue weighted by Gasteiger charge is -2.23. The van der Waals surface area contributed by atoms with E-state index in [1.807, 2.05) is 11.9 Å². The van der Waals surface area contributed by atoms with E-state index in [1.165, 1.54) is 0 Å². The molecule has 0 spiro atoms. The predicted octanol–water partition coefficient (Wildman–Crippen LogP) is 0.393. The molecule has 94 valence electrons. The summed E-state index contributed by atoms with van der Waals surface area (Å²) in [6, 6.07) is -0.149. The summed E-state index contributed by atoms with van der Waals surface area (Å²) in [5, 5.41) is 8.34. The molecule has 1 aromatic rings. The highest BCUT2D eigenvalue weighted by atomic mass is 19.1. The number of fused-ring (bicyclic) bond motifs is 1. The number of halogens is 1. The molecular formula is C11H17FN4O. The molecule has 1 fully saturated rings. The molecule has 5 nitrogen and oxygen atoms in total. The zero-order valence-corrected chi connectivity index (χ0v) is 9.97. The standard InChI is InChI=1S/C11H17FN4O/c1-15(9-7-17-6-8(9)12)5-11-14-13-10-3-2-4-16(10)11/h8-9H,2-7H2,1H3/t8-,9-/m1/s1. The van der Waals surface area contributed by atoms with E-state index < -0.39 is 6.17 Å². The van der Waals surface area contributed by atoms with Crippen molar-refractivity contribution in [3.63, 3.8) is 0 Å². The van der Waals surface area contributed by atoms with E-state index in [1.54, 1.807) is 0 Å². The maximum Gasteiger partial charge on any atom is 0.147 e. The number of alkyl halides is 1. The van der Waals surface area contributed by atoms with Gasteiger partial charge >= 0.3 is 0 Å². The molecule has 2 atom stereocenters. The summed E-state index contributed by atoms with van der Waals surface area (Å²) in [5.41, 5.74) is 0. The second kappa shape index (κ2) is 4.34. The van der Waals surface area contributed by atoms with E-state index in [-0.39, 0.29) is 12.6 Å². The average Bonchev–Trinajstić information content (AvgIpc) is 2.96. The fourth-order valence-electron chi connectivity index (χ4n) is 2.59. The van der Waals surface area contributed by atoms with Crippen LogP contribution in [0.25, 0.3) is 0 Å². The van der Waals surface area contributed by atoms with E-state index in [4.69, 9.17) is 4.74 Å². The maximum atomic E-state index is 13.5. The fraction of sp³-hybridized carbons (Fsp3) is 0.818. The lowest BCUT2D eigenvalue weighted by atomic mass is 10.2. The minimum atomic E-state index is -0.888. The molecule has 0 bridgehead atoms. The second-order valence-electron chi connectivity index (χ2n) is 4.82. The molecule has 1 saturated heterocycles. The molecule has 1 aromatic heterocycles. The number of hydrogen-bond acceptors (Lipinski definition) is 4. The van der Waals surface area contributed by atoms with Crippen molar-refractivity contribution >= 4 is 0 Å². The van der Waals surface area contributed by atoms with Gasteiger partial charge in [-0.2, -0.15) is 0 Å². The number of aryl methyl sites for hydroxylation is 1. The molecule has 0 amide bonds. The van der Waals surface area contributed by atoms with Crippen LogP contribution in [0.3, 0.4) is 0 Å². The van der Waals surface area contributed by atoms with Crippen LogP contribution in [0.4, 0.5) is 4.39 Å². The fourth-order valence-corrected chi connectivity index (χ4v) is 2.59. The highest BCUT2D eigenvalue weighted by Gasteiger charge is 2.32. The summed E-state index contributed by atoms with van der Waals surface area (Å²) < 4.78 is 20.8. The summed E-state index contributed by atoms with van der Waals surface area (Å²) in [6.07, 6.45) is 1.26. The lowest BCUT2D eigenvalue weighted by Crippen LogP contribution is -2.38. The monoisotopic (exact) mass is 240 g/mol. The van der Waals surface area contributed by atoms with Gasteiger partial charge in [-0.15, -0.1) is 10.2 Å². The number of hydrogen-bond donors (Lipinski definition) is 0. The van der Waals surface area contributed by atoms with Crippen LogP contribution in [0.5, 0.6) is 0 Å². The molecular weight excluding hydrogens is 223 g/mol. The highest BCUT2D eigenvalue weighted by molar-refractivity contribution is 5.01. The van der Waals surface area contributed by atoms with Crippen molar-refractivity contribution in [2.75, 3.05) is 20.3 Å². The van der Waals surface area contributed by atoms with Crippen molar-refractivity contribution in [3.8, 4) is 0 Å². The molecule has 2 aliphatic heterocycles. The lowest BCUT2D eigenvalue weighted by molar-refractivity contribution is 0.150. The molecule has 3 rings (SSSR count). The Morgan fingerprint density at radius 3 is 3.12 bits per heavy atom. The zero-order valence-electron chi connectivity index (χ0n) is 9.97. The van der Waals surface area contributed by atoms with Crippen LogP contribution in [0.2, 0.25) is 0 Å². The first-order chi connectivity index (χ1) is 8.25. The third-order valence-corrected chi connectivity index (χ3v) is 3.63. The summed E-state index contributed by atoms with van der Waals surface area (Å²) >= 11 is 0. The normalized spacial score (nSPS) is 27.9. The van der Waals surface area contributed by atoms with Crippen molar-refractivity contribution in [2.45, 2.75) is 38.1 Å². The van der Waals surface area contributed by atoms with E-state index in [9.17, 15) is 4.39 Å². The molecule has 0 radical (unpaired) electrons. The Morgan fingerprint density at radius 2 is 2.35 bits per heavy atom. The smallest absolute Gasteiger partial charge is 0.147 e. The van der Waals surface area contributed by atoms with Gasteiger partial charge in [-0.25, -0.2) is 4.39 Å². The molecule has 0 saturated carbocycles. The van der Waals surface area contributed by atoms with Gasteiger partial charge in [0.15, 0.2) is 0 Å². The Morgan fingerprint density at radius 1 is 1.47 bits per heavy atom. The van der Waals surface area contributed by atoms with E-state index in [0.717, 1.165) is 31.0 Å². The van der Waals surface area contributed by atoms with Crippen molar-refractivity contribution in [1.82, 2.24) is 19.7 Å². The summed E-state index contributed by atoms with van der Waals surface area (Å²) in [5.74, 6) is 2.01. The Bertz CT molecular complexity index is 408. The number of rotatable bonds is 3. The highest BCUT2D eigenvalue weighted by Crippen LogP contribution is 2.19. The number of aromatic nitrogens is 3. The molecule has 17 heavy (non-hydrogen) atoms. The first kappa shape index (κ1) is 11.1. The van der Waals surface area contributed by atoms with Crippen LogP contribution < -0.4 is 0 Å². The van der Waals surface area contributed by atoms with Gasteiger partial charge in [0.25, 0.3) is 0 Å². The Kier molecular flexibility index (Phi) is 2.84. The van der Waals surface area contributed by atoms with Gasteiger partial charge in [-0.05, 0) is 13.5 Å². The minimum Gasteiger partial charge on any atom is -0.377 e. The third kappa shape index (κ3) is 1.95. The summed E-state index contributed by atoms with van der Waals surface area (Å²) in [7, 11) is 1.92. The summed E-state index contributed by atoms with van der Waals surface area (Å²) in [4.78, 5) is 1.98. The largest absolute Gasteiger partial charge is 0.377 e. The second-order valence-corrected chi connectivity index (χ2v) is 4.82. The van der Waals surface area contributed by atoms with E-state index >= 15 is 0 Å². The first-order valence-electron chi connectivity index (χ1n) is 6.08. The molecule has 6 heteroatoms. The van der Waals surface area contributed by atoms with Crippen LogP contribution in [0.1, 0.15) is 18.1 Å². The molecule has 2 aliphatic rings. The van der Waals surface area contributed by atoms with Gasteiger partial charge in [0.05, 0.1) is 25.8 Å². The van der Waals surface area contributed by atoms with Crippen LogP contribution >= 0.6 is 0 Å². The minimum absolute atomic E-state index is 0.149. The Hall–Kier alpha value is -1.01. The quantitative estimate of drug-likeness (QED) is 0.766. The molecule has 0 unspecified atom stereocenters. The zero-order chi connectivity index (χ0) is 11.8. The van der Waals surface area contributed by atoms with Gasteiger partial charge in [0, 0.05) is 13.0 Å². The topological polar surface area (TPSA) is 43.2 Å². The Labute approximate surface area is 99.6 Å². The van der Waals surface area contributed by atoms with Crippen LogP contribution in [0.15, 0.2) is 0 Å². The maximum absolute atomic E-state index is 13.5. The van der Waals surface area contributed by atoms with Crippen molar-refractivity contribution < 1.29 is 9.13 Å². The molecule has 3 heterocycles. The first-order valence-corrected chi connectivity index (χ1v) is 6.08. The van der Waals surface area contributed by atoms with Crippen molar-refractivity contribution in [1.29, 1.82) is 0 Å². The summed E-state index contributed by atoms with van der Waals surface area (Å²) in [6.45, 7) is 2.32. The average molecular weight is 240 g/mol. The molecule has 0 aliphatic carbocycles. The van der Waals surface area contributed by atoms with Crippen LogP contribution in [0, 0.1) is 0 Å². The molecule has 0 aromatic carbocycles. The van der Waals surface area contributed by atoms with Crippen molar-refractivity contribution in [2.24, 2.45) is 0 Å². The predicted molar refractivity (Wildman–Crippen MR) is 59.3 cm³/mol. The van der Waals surface area contributed by atoms with Gasteiger partial charge in [-0.1, -0.05) is 0 Å². The van der Waals surface area contributed by atoms with E-state index in [2.05, 4.69) is 14.8 Å². The van der Waals surface area contributed by atoms with Gasteiger partial charge in [0.2, 0.25) is 0 Å². The number of likely N-dealkylation sites (N-methyl/N-ethyl adjacent to an activating group) is 1. The molecule has 0 N–H and O–H groups in total. The van der Waals surface area contributed by atoms with Crippen LogP contribution in [-0.4, -0.2) is 52.1 Å². The van der Waals surface area contributed by atoms with Crippen LogP contribution in [-0.2, 0) is 24.2 Å². The Balaban J connectivity index is 1.70.